The molecule has 0 aliphatic rings. The number of aliphatic carboxylic acids is 1. The lowest BCUT2D eigenvalue weighted by Gasteiger charge is -2.02. The zero-order valence-electron chi connectivity index (χ0n) is 9.32. The first-order valence-electron chi connectivity index (χ1n) is 4.40. The monoisotopic (exact) mass is 222 g/mol. The Hall–Kier alpha value is -1.14. The van der Waals surface area contributed by atoms with Gasteiger partial charge in [0.25, 0.3) is 5.97 Å². The highest BCUT2D eigenvalue weighted by molar-refractivity contribution is 5.65. The summed E-state index contributed by atoms with van der Waals surface area (Å²) in [6, 6.07) is 0. The Balaban J connectivity index is 0. The van der Waals surface area contributed by atoms with E-state index in [0.717, 1.165) is 6.92 Å². The molecule has 90 valence electrons. The zero-order valence-corrected chi connectivity index (χ0v) is 9.32. The summed E-state index contributed by atoms with van der Waals surface area (Å²) in [5, 5.41) is 7.42. The molecule has 6 nitrogen and oxygen atoms in total. The van der Waals surface area contributed by atoms with Crippen molar-refractivity contribution in [2.45, 2.75) is 13.8 Å². The Morgan fingerprint density at radius 1 is 1.07 bits per heavy atom. The highest BCUT2D eigenvalue weighted by Crippen LogP contribution is 1.79. The molecule has 0 heterocycles. The van der Waals surface area contributed by atoms with Gasteiger partial charge in [-0.15, -0.1) is 0 Å². The Morgan fingerprint density at radius 3 is 1.93 bits per heavy atom. The topological polar surface area (TPSA) is 82.1 Å². The van der Waals surface area contributed by atoms with Gasteiger partial charge in [-0.3, -0.25) is 9.59 Å². The number of carbonyl (C=O) groups excluding carboxylic acids is 1. The highest BCUT2D eigenvalue weighted by atomic mass is 16.6. The summed E-state index contributed by atoms with van der Waals surface area (Å²) < 4.78 is 14.4. The summed E-state index contributed by atoms with van der Waals surface area (Å²) in [6.45, 7) is 4.31. The van der Waals surface area contributed by atoms with Crippen LogP contribution in [0.3, 0.4) is 0 Å². The second-order valence-corrected chi connectivity index (χ2v) is 2.46. The first-order chi connectivity index (χ1) is 7.00. The number of rotatable bonds is 6. The fraction of sp³-hybridized carbons (Fsp3) is 0.778. The van der Waals surface area contributed by atoms with E-state index in [-0.39, 0.29) is 5.97 Å². The van der Waals surface area contributed by atoms with E-state index >= 15 is 0 Å². The van der Waals surface area contributed by atoms with Crippen LogP contribution in [0.25, 0.3) is 0 Å². The second kappa shape index (κ2) is 12.9. The van der Waals surface area contributed by atoms with Crippen LogP contribution < -0.4 is 0 Å². The molecule has 0 spiro atoms. The molecule has 0 aliphatic carbocycles. The fourth-order valence-electron chi connectivity index (χ4n) is 0.489. The number of hydrogen-bond donors (Lipinski definition) is 1. The van der Waals surface area contributed by atoms with E-state index < -0.39 is 5.97 Å². The largest absolute Gasteiger partial charge is 0.481 e. The van der Waals surface area contributed by atoms with E-state index in [4.69, 9.17) is 19.4 Å². The van der Waals surface area contributed by atoms with Gasteiger partial charge in [0, 0.05) is 21.0 Å². The van der Waals surface area contributed by atoms with Crippen molar-refractivity contribution in [3.05, 3.63) is 0 Å². The Morgan fingerprint density at radius 2 is 1.53 bits per heavy atom. The van der Waals surface area contributed by atoms with Crippen LogP contribution in [0, 0.1) is 0 Å². The molecule has 0 radical (unpaired) electrons. The normalized spacial score (nSPS) is 8.73. The van der Waals surface area contributed by atoms with Gasteiger partial charge in [-0.05, 0) is 0 Å². The average molecular weight is 222 g/mol. The van der Waals surface area contributed by atoms with Crippen LogP contribution in [0.5, 0.6) is 0 Å². The van der Waals surface area contributed by atoms with Crippen molar-refractivity contribution in [1.82, 2.24) is 0 Å². The first-order valence-corrected chi connectivity index (χ1v) is 4.40. The average Bonchev–Trinajstić information content (AvgIpc) is 2.09. The van der Waals surface area contributed by atoms with E-state index in [1.54, 1.807) is 7.11 Å². The number of carbonyl (C=O) groups is 2. The molecule has 6 heteroatoms. The van der Waals surface area contributed by atoms with Crippen molar-refractivity contribution in [2.75, 3.05) is 33.5 Å². The maximum absolute atomic E-state index is 10.2. The lowest BCUT2D eigenvalue weighted by molar-refractivity contribution is -0.142. The lowest BCUT2D eigenvalue weighted by Crippen LogP contribution is -2.10. The molecule has 0 amide bonds. The van der Waals surface area contributed by atoms with E-state index in [2.05, 4.69) is 4.74 Å². The smallest absolute Gasteiger partial charge is 0.302 e. The summed E-state index contributed by atoms with van der Waals surface area (Å²) in [6.07, 6.45) is 0. The number of methoxy groups -OCH3 is 1. The van der Waals surface area contributed by atoms with Crippen molar-refractivity contribution in [2.24, 2.45) is 0 Å². The molecular formula is C9H18O6. The van der Waals surface area contributed by atoms with Gasteiger partial charge in [0.05, 0.1) is 19.8 Å². The van der Waals surface area contributed by atoms with Crippen molar-refractivity contribution < 1.29 is 28.9 Å². The molecule has 0 aromatic heterocycles. The van der Waals surface area contributed by atoms with Crippen LogP contribution >= 0.6 is 0 Å². The van der Waals surface area contributed by atoms with Crippen LogP contribution in [0.2, 0.25) is 0 Å². The van der Waals surface area contributed by atoms with Crippen molar-refractivity contribution >= 4 is 11.9 Å². The fourth-order valence-corrected chi connectivity index (χ4v) is 0.489. The lowest BCUT2D eigenvalue weighted by atomic mass is 10.7. The minimum Gasteiger partial charge on any atom is -0.481 e. The summed E-state index contributed by atoms with van der Waals surface area (Å²) in [4.78, 5) is 19.2. The molecule has 0 rings (SSSR count). The van der Waals surface area contributed by atoms with Gasteiger partial charge in [0.15, 0.2) is 0 Å². The SMILES string of the molecule is CC(=O)O.COCCOCCOC(C)=O. The molecule has 0 atom stereocenters. The maximum Gasteiger partial charge on any atom is 0.302 e. The van der Waals surface area contributed by atoms with Gasteiger partial charge in [0.1, 0.15) is 6.61 Å². The third-order valence-corrected chi connectivity index (χ3v) is 0.965. The van der Waals surface area contributed by atoms with Crippen LogP contribution in [0.1, 0.15) is 13.8 Å². The molecule has 1 N–H and O–H groups in total. The molecule has 0 aromatic carbocycles. The molecule has 0 unspecified atom stereocenters. The van der Waals surface area contributed by atoms with Crippen LogP contribution in [-0.4, -0.2) is 50.6 Å². The van der Waals surface area contributed by atoms with Crippen LogP contribution in [0.15, 0.2) is 0 Å². The second-order valence-electron chi connectivity index (χ2n) is 2.46. The van der Waals surface area contributed by atoms with E-state index in [9.17, 15) is 4.79 Å². The third-order valence-electron chi connectivity index (χ3n) is 0.965. The first kappa shape index (κ1) is 16.3. The van der Waals surface area contributed by atoms with Gasteiger partial charge in [0.2, 0.25) is 0 Å². The summed E-state index contributed by atoms with van der Waals surface area (Å²) in [7, 11) is 1.61. The maximum atomic E-state index is 10.2. The highest BCUT2D eigenvalue weighted by Gasteiger charge is 1.91. The van der Waals surface area contributed by atoms with Gasteiger partial charge in [-0.1, -0.05) is 0 Å². The molecule has 15 heavy (non-hydrogen) atoms. The summed E-state index contributed by atoms with van der Waals surface area (Å²) in [5.74, 6) is -1.11. The molecule has 0 fully saturated rings. The number of hydrogen-bond acceptors (Lipinski definition) is 5. The van der Waals surface area contributed by atoms with Gasteiger partial charge in [-0.2, -0.15) is 0 Å². The quantitative estimate of drug-likeness (QED) is 0.514. The summed E-state index contributed by atoms with van der Waals surface area (Å²) >= 11 is 0. The van der Waals surface area contributed by atoms with Gasteiger partial charge >= 0.3 is 5.97 Å². The van der Waals surface area contributed by atoms with Gasteiger partial charge < -0.3 is 19.3 Å². The number of ether oxygens (including phenoxy) is 3. The standard InChI is InChI=1S/C7H14O4.C2H4O2/c1-7(8)11-6-5-10-4-3-9-2;1-2(3)4/h3-6H2,1-2H3;1H3,(H,3,4). The molecule has 0 saturated heterocycles. The van der Waals surface area contributed by atoms with Crippen LogP contribution in [0.4, 0.5) is 0 Å². The minimum atomic E-state index is -0.833. The number of carboxylic acids is 1. The van der Waals surface area contributed by atoms with Crippen molar-refractivity contribution in [1.29, 1.82) is 0 Å². The van der Waals surface area contributed by atoms with E-state index in [1.807, 2.05) is 0 Å². The number of carboxylic acid groups (broad SMARTS) is 1. The van der Waals surface area contributed by atoms with Gasteiger partial charge in [-0.25, -0.2) is 0 Å². The number of esters is 1. The predicted octanol–water partition coefficient (Wildman–Crippen LogP) is 0.303. The van der Waals surface area contributed by atoms with Crippen LogP contribution in [-0.2, 0) is 23.8 Å². The molecule has 0 aromatic rings. The molecule has 0 saturated carbocycles. The summed E-state index contributed by atoms with van der Waals surface area (Å²) in [5.41, 5.74) is 0. The minimum absolute atomic E-state index is 0.277. The van der Waals surface area contributed by atoms with E-state index in [0.29, 0.717) is 26.4 Å². The molecular weight excluding hydrogens is 204 g/mol. The Labute approximate surface area is 89.1 Å². The van der Waals surface area contributed by atoms with Crippen molar-refractivity contribution in [3.63, 3.8) is 0 Å². The predicted molar refractivity (Wildman–Crippen MR) is 52.6 cm³/mol. The zero-order chi connectivity index (χ0) is 12.1. The Bertz CT molecular complexity index is 164. The van der Waals surface area contributed by atoms with Crippen molar-refractivity contribution in [3.8, 4) is 0 Å². The molecule has 0 bridgehead atoms. The van der Waals surface area contributed by atoms with E-state index in [1.165, 1.54) is 6.92 Å². The Kier molecular flexibility index (Phi) is 14.0. The third kappa shape index (κ3) is 32.2. The molecule has 0 aliphatic heterocycles.